The summed E-state index contributed by atoms with van der Waals surface area (Å²) in [6.07, 6.45) is 0.241. The van der Waals surface area contributed by atoms with Gasteiger partial charge in [0.2, 0.25) is 0 Å². The van der Waals surface area contributed by atoms with Gasteiger partial charge in [-0.3, -0.25) is 0 Å². The molecule has 0 spiro atoms. The third kappa shape index (κ3) is 6.41. The normalized spacial score (nSPS) is 10.2. The number of rotatable bonds is 6. The molecule has 0 bridgehead atoms. The van der Waals surface area contributed by atoms with E-state index in [0.29, 0.717) is 19.8 Å². The Labute approximate surface area is 109 Å². The Morgan fingerprint density at radius 3 is 2.83 bits per heavy atom. The second-order valence-electron chi connectivity index (χ2n) is 4.13. The summed E-state index contributed by atoms with van der Waals surface area (Å²) in [7, 11) is 0. The van der Waals surface area contributed by atoms with Gasteiger partial charge >= 0.3 is 0 Å². The minimum absolute atomic E-state index is 0.118. The van der Waals surface area contributed by atoms with Crippen LogP contribution in [0.5, 0.6) is 0 Å². The molecule has 0 saturated heterocycles. The van der Waals surface area contributed by atoms with Crippen LogP contribution in [0.3, 0.4) is 0 Å². The van der Waals surface area contributed by atoms with Gasteiger partial charge in [0.05, 0.1) is 25.9 Å². The van der Waals surface area contributed by atoms with E-state index in [2.05, 4.69) is 11.8 Å². The van der Waals surface area contributed by atoms with Crippen LogP contribution < -0.4 is 0 Å². The second kappa shape index (κ2) is 8.71. The maximum atomic E-state index is 8.63. The van der Waals surface area contributed by atoms with E-state index in [-0.39, 0.29) is 12.7 Å². The van der Waals surface area contributed by atoms with Crippen LogP contribution >= 0.6 is 0 Å². The van der Waals surface area contributed by atoms with E-state index >= 15 is 0 Å². The molecule has 3 nitrogen and oxygen atoms in total. The van der Waals surface area contributed by atoms with E-state index in [1.54, 1.807) is 0 Å². The molecule has 0 radical (unpaired) electrons. The van der Waals surface area contributed by atoms with E-state index in [9.17, 15) is 0 Å². The fourth-order valence-corrected chi connectivity index (χ4v) is 1.41. The first kappa shape index (κ1) is 14.7. The molecule has 0 aliphatic rings. The largest absolute Gasteiger partial charge is 0.384 e. The summed E-state index contributed by atoms with van der Waals surface area (Å²) in [5.41, 5.74) is 1.97. The van der Waals surface area contributed by atoms with Crippen molar-refractivity contribution in [3.05, 3.63) is 35.4 Å². The molecule has 1 aromatic rings. The maximum absolute atomic E-state index is 8.63. The van der Waals surface area contributed by atoms with Crippen molar-refractivity contribution >= 4 is 0 Å². The van der Waals surface area contributed by atoms with Crippen LogP contribution in [-0.4, -0.2) is 31.0 Å². The highest BCUT2D eigenvalue weighted by atomic mass is 16.5. The van der Waals surface area contributed by atoms with E-state index in [4.69, 9.17) is 14.6 Å². The Bertz CT molecular complexity index is 402. The Hall–Kier alpha value is -1.34. The highest BCUT2D eigenvalue weighted by Gasteiger charge is 1.96. The molecule has 1 N–H and O–H groups in total. The number of hydrogen-bond donors (Lipinski definition) is 1. The van der Waals surface area contributed by atoms with Crippen LogP contribution in [0.25, 0.3) is 0 Å². The van der Waals surface area contributed by atoms with Crippen molar-refractivity contribution < 1.29 is 14.6 Å². The average molecular weight is 248 g/mol. The summed E-state index contributed by atoms with van der Waals surface area (Å²) in [6, 6.07) is 7.80. The lowest BCUT2D eigenvalue weighted by Crippen LogP contribution is -2.09. The fraction of sp³-hybridized carbons (Fsp3) is 0.467. The Morgan fingerprint density at radius 2 is 2.11 bits per heavy atom. The van der Waals surface area contributed by atoms with Gasteiger partial charge in [-0.2, -0.15) is 0 Å². The first-order valence-corrected chi connectivity index (χ1v) is 6.10. The van der Waals surface area contributed by atoms with Crippen molar-refractivity contribution in [2.75, 3.05) is 19.8 Å². The second-order valence-corrected chi connectivity index (χ2v) is 4.13. The topological polar surface area (TPSA) is 38.7 Å². The van der Waals surface area contributed by atoms with E-state index < -0.39 is 0 Å². The lowest BCUT2D eigenvalue weighted by molar-refractivity contribution is 0.0143. The van der Waals surface area contributed by atoms with Crippen molar-refractivity contribution in [3.8, 4) is 11.8 Å². The minimum atomic E-state index is -0.118. The van der Waals surface area contributed by atoms with Gasteiger partial charge < -0.3 is 14.6 Å². The van der Waals surface area contributed by atoms with E-state index in [1.807, 2.05) is 38.1 Å². The number of hydrogen-bond acceptors (Lipinski definition) is 3. The Balaban J connectivity index is 2.34. The molecular formula is C15H20O3. The quantitative estimate of drug-likeness (QED) is 0.618. The Kier molecular flexibility index (Phi) is 7.12. The molecule has 0 aromatic heterocycles. The van der Waals surface area contributed by atoms with Crippen LogP contribution in [0.1, 0.15) is 25.0 Å². The van der Waals surface area contributed by atoms with Crippen LogP contribution in [0.4, 0.5) is 0 Å². The standard InChI is InChI=1S/C15H20O3/c1-13(2)18-10-9-17-12-15-6-3-5-14(11-15)7-4-8-16/h3,5-6,11,13,16H,8-10,12H2,1-2H3. The molecule has 98 valence electrons. The lowest BCUT2D eigenvalue weighted by atomic mass is 10.1. The zero-order valence-electron chi connectivity index (χ0n) is 11.0. The first-order chi connectivity index (χ1) is 8.72. The van der Waals surface area contributed by atoms with Gasteiger partial charge in [0.25, 0.3) is 0 Å². The molecule has 0 heterocycles. The predicted octanol–water partition coefficient (Wildman–Crippen LogP) is 1.97. The van der Waals surface area contributed by atoms with E-state index in [0.717, 1.165) is 11.1 Å². The number of aliphatic hydroxyl groups is 1. The molecule has 0 unspecified atom stereocenters. The maximum Gasteiger partial charge on any atom is 0.104 e. The van der Waals surface area contributed by atoms with Crippen molar-refractivity contribution in [1.82, 2.24) is 0 Å². The summed E-state index contributed by atoms with van der Waals surface area (Å²) in [4.78, 5) is 0. The van der Waals surface area contributed by atoms with Crippen molar-refractivity contribution in [1.29, 1.82) is 0 Å². The van der Waals surface area contributed by atoms with Crippen molar-refractivity contribution in [3.63, 3.8) is 0 Å². The van der Waals surface area contributed by atoms with Crippen LogP contribution in [-0.2, 0) is 16.1 Å². The van der Waals surface area contributed by atoms with Gasteiger partial charge in [-0.25, -0.2) is 0 Å². The zero-order chi connectivity index (χ0) is 13.2. The van der Waals surface area contributed by atoms with Gasteiger partial charge in [-0.15, -0.1) is 0 Å². The molecule has 0 saturated carbocycles. The molecule has 1 rings (SSSR count). The molecule has 0 amide bonds. The van der Waals surface area contributed by atoms with Gasteiger partial charge in [0.1, 0.15) is 6.61 Å². The summed E-state index contributed by atoms with van der Waals surface area (Å²) >= 11 is 0. The molecule has 1 aromatic carbocycles. The fourth-order valence-electron chi connectivity index (χ4n) is 1.41. The summed E-state index contributed by atoms with van der Waals surface area (Å²) < 4.78 is 10.9. The van der Waals surface area contributed by atoms with Crippen LogP contribution in [0.2, 0.25) is 0 Å². The van der Waals surface area contributed by atoms with Gasteiger partial charge in [-0.05, 0) is 31.5 Å². The molecular weight excluding hydrogens is 228 g/mol. The molecule has 0 aliphatic heterocycles. The molecule has 0 atom stereocenters. The highest BCUT2D eigenvalue weighted by molar-refractivity contribution is 5.36. The first-order valence-electron chi connectivity index (χ1n) is 6.10. The van der Waals surface area contributed by atoms with Gasteiger partial charge in [-0.1, -0.05) is 24.0 Å². The zero-order valence-corrected chi connectivity index (χ0v) is 11.0. The van der Waals surface area contributed by atoms with E-state index in [1.165, 1.54) is 0 Å². The van der Waals surface area contributed by atoms with Crippen LogP contribution in [0.15, 0.2) is 24.3 Å². The van der Waals surface area contributed by atoms with Crippen molar-refractivity contribution in [2.45, 2.75) is 26.6 Å². The third-order valence-electron chi connectivity index (χ3n) is 2.19. The molecule has 3 heteroatoms. The minimum Gasteiger partial charge on any atom is -0.384 e. The average Bonchev–Trinajstić information content (AvgIpc) is 2.36. The molecule has 0 fully saturated rings. The number of benzene rings is 1. The Morgan fingerprint density at radius 1 is 1.28 bits per heavy atom. The number of aliphatic hydroxyl groups excluding tert-OH is 1. The van der Waals surface area contributed by atoms with Gasteiger partial charge in [0, 0.05) is 5.56 Å². The smallest absolute Gasteiger partial charge is 0.104 e. The van der Waals surface area contributed by atoms with Crippen LogP contribution in [0, 0.1) is 11.8 Å². The molecule has 18 heavy (non-hydrogen) atoms. The summed E-state index contributed by atoms with van der Waals surface area (Å²) in [5.74, 6) is 5.50. The summed E-state index contributed by atoms with van der Waals surface area (Å²) in [6.45, 7) is 5.64. The third-order valence-corrected chi connectivity index (χ3v) is 2.19. The molecule has 0 aliphatic carbocycles. The monoisotopic (exact) mass is 248 g/mol. The highest BCUT2D eigenvalue weighted by Crippen LogP contribution is 2.05. The van der Waals surface area contributed by atoms with Crippen molar-refractivity contribution in [2.24, 2.45) is 0 Å². The lowest BCUT2D eigenvalue weighted by Gasteiger charge is -2.08. The van der Waals surface area contributed by atoms with Gasteiger partial charge in [0.15, 0.2) is 0 Å². The number of ether oxygens (including phenoxy) is 2. The predicted molar refractivity (Wildman–Crippen MR) is 71.1 cm³/mol. The summed E-state index contributed by atoms with van der Waals surface area (Å²) in [5, 5.41) is 8.63. The SMILES string of the molecule is CC(C)OCCOCc1cccc(C#CCO)c1.